The molecule has 0 unspecified atom stereocenters. The molecule has 3 heteroatoms. The van der Waals surface area contributed by atoms with Crippen molar-refractivity contribution in [3.8, 4) is 0 Å². The number of nitrogens with zero attached hydrogens (tertiary/aromatic N) is 1. The highest BCUT2D eigenvalue weighted by Crippen LogP contribution is 2.15. The van der Waals surface area contributed by atoms with Crippen LogP contribution in [-0.2, 0) is 4.79 Å². The lowest BCUT2D eigenvalue weighted by molar-refractivity contribution is -0.116. The summed E-state index contributed by atoms with van der Waals surface area (Å²) in [4.78, 5) is 12.7. The van der Waals surface area contributed by atoms with Crippen LogP contribution in [0.25, 0.3) is 6.08 Å². The molecule has 80 valence electrons. The van der Waals surface area contributed by atoms with Gasteiger partial charge in [-0.2, -0.15) is 0 Å². The van der Waals surface area contributed by atoms with Gasteiger partial charge in [-0.3, -0.25) is 4.79 Å². The molecule has 1 N–H and O–H groups in total. The van der Waals surface area contributed by atoms with Crippen molar-refractivity contribution in [2.24, 2.45) is 0 Å². The minimum atomic E-state index is -0.00159. The zero-order chi connectivity index (χ0) is 11.3. The lowest BCUT2D eigenvalue weighted by atomic mass is 10.2. The van der Waals surface area contributed by atoms with E-state index in [9.17, 15) is 4.79 Å². The van der Waals surface area contributed by atoms with E-state index in [1.807, 2.05) is 30.3 Å². The van der Waals surface area contributed by atoms with Crippen LogP contribution in [0.3, 0.4) is 0 Å². The average molecular weight is 205 g/mol. The Kier molecular flexibility index (Phi) is 4.06. The first-order valence-electron chi connectivity index (χ1n) is 4.77. The van der Waals surface area contributed by atoms with Crippen LogP contribution in [0.2, 0.25) is 0 Å². The average Bonchev–Trinajstić information content (AvgIpc) is 2.25. The molecule has 0 radical (unpaired) electrons. The van der Waals surface area contributed by atoms with Crippen molar-refractivity contribution in [2.75, 3.05) is 18.6 Å². The van der Waals surface area contributed by atoms with Gasteiger partial charge in [0.15, 0.2) is 0 Å². The molecule has 15 heavy (non-hydrogen) atoms. The zero-order valence-electron chi connectivity index (χ0n) is 8.97. The molecular weight excluding hydrogens is 190 g/mol. The summed E-state index contributed by atoms with van der Waals surface area (Å²) < 4.78 is 0. The van der Waals surface area contributed by atoms with Gasteiger partial charge in [0, 0.05) is 19.7 Å². The SMILES string of the molecule is CC(=O)N(C)c1cccc(/C=C/CO)c1. The smallest absolute Gasteiger partial charge is 0.223 e. The highest BCUT2D eigenvalue weighted by Gasteiger charge is 2.04. The van der Waals surface area contributed by atoms with Gasteiger partial charge >= 0.3 is 0 Å². The molecule has 1 rings (SSSR count). The molecule has 0 aliphatic rings. The molecule has 0 saturated carbocycles. The maximum atomic E-state index is 11.1. The Hall–Kier alpha value is -1.61. The summed E-state index contributed by atoms with van der Waals surface area (Å²) in [6.07, 6.45) is 3.48. The van der Waals surface area contributed by atoms with Gasteiger partial charge < -0.3 is 10.0 Å². The molecular formula is C12H15NO2. The van der Waals surface area contributed by atoms with Gasteiger partial charge in [0.2, 0.25) is 5.91 Å². The van der Waals surface area contributed by atoms with Gasteiger partial charge in [0.05, 0.1) is 6.61 Å². The standard InChI is InChI=1S/C12H15NO2/c1-10(15)13(2)12-7-3-5-11(9-12)6-4-8-14/h3-7,9,14H,8H2,1-2H3/b6-4+. The third kappa shape index (κ3) is 3.22. The molecule has 0 saturated heterocycles. The van der Waals surface area contributed by atoms with Gasteiger partial charge in [0.1, 0.15) is 0 Å². The third-order valence-electron chi connectivity index (χ3n) is 2.15. The molecule has 0 aliphatic carbocycles. The van der Waals surface area contributed by atoms with Crippen LogP contribution >= 0.6 is 0 Å². The van der Waals surface area contributed by atoms with Crippen LogP contribution in [0.15, 0.2) is 30.3 Å². The van der Waals surface area contributed by atoms with Crippen LogP contribution in [0.5, 0.6) is 0 Å². The number of anilines is 1. The Labute approximate surface area is 89.6 Å². The monoisotopic (exact) mass is 205 g/mol. The topological polar surface area (TPSA) is 40.5 Å². The van der Waals surface area contributed by atoms with E-state index < -0.39 is 0 Å². The number of rotatable bonds is 3. The fourth-order valence-electron chi connectivity index (χ4n) is 1.21. The van der Waals surface area contributed by atoms with Crippen LogP contribution in [0, 0.1) is 0 Å². The predicted molar refractivity (Wildman–Crippen MR) is 61.6 cm³/mol. The van der Waals surface area contributed by atoms with E-state index in [4.69, 9.17) is 5.11 Å². The number of hydrogen-bond acceptors (Lipinski definition) is 2. The molecule has 1 aromatic rings. The molecule has 0 atom stereocenters. The first kappa shape index (κ1) is 11.5. The number of aliphatic hydroxyl groups excluding tert-OH is 1. The van der Waals surface area contributed by atoms with Crippen molar-refractivity contribution in [3.05, 3.63) is 35.9 Å². The molecule has 3 nitrogen and oxygen atoms in total. The number of carbonyl (C=O) groups is 1. The normalized spacial score (nSPS) is 10.6. The van der Waals surface area contributed by atoms with Crippen molar-refractivity contribution >= 4 is 17.7 Å². The van der Waals surface area contributed by atoms with Gasteiger partial charge in [-0.25, -0.2) is 0 Å². The van der Waals surface area contributed by atoms with Crippen molar-refractivity contribution in [3.63, 3.8) is 0 Å². The van der Waals surface area contributed by atoms with E-state index in [0.29, 0.717) is 0 Å². The summed E-state index contributed by atoms with van der Waals surface area (Å²) in [5.41, 5.74) is 1.82. The van der Waals surface area contributed by atoms with Crippen LogP contribution in [0.4, 0.5) is 5.69 Å². The van der Waals surface area contributed by atoms with Gasteiger partial charge in [-0.05, 0) is 17.7 Å². The number of hydrogen-bond donors (Lipinski definition) is 1. The van der Waals surface area contributed by atoms with E-state index in [0.717, 1.165) is 11.3 Å². The van der Waals surface area contributed by atoms with E-state index in [-0.39, 0.29) is 12.5 Å². The number of benzene rings is 1. The van der Waals surface area contributed by atoms with Crippen molar-refractivity contribution in [1.82, 2.24) is 0 Å². The summed E-state index contributed by atoms with van der Waals surface area (Å²) in [5, 5.41) is 8.64. The Morgan fingerprint density at radius 3 is 2.87 bits per heavy atom. The summed E-state index contributed by atoms with van der Waals surface area (Å²) in [6.45, 7) is 1.54. The van der Waals surface area contributed by atoms with Crippen molar-refractivity contribution in [1.29, 1.82) is 0 Å². The van der Waals surface area contributed by atoms with E-state index in [1.54, 1.807) is 18.0 Å². The summed E-state index contributed by atoms with van der Waals surface area (Å²) >= 11 is 0. The Morgan fingerprint density at radius 1 is 1.53 bits per heavy atom. The van der Waals surface area contributed by atoms with Gasteiger partial charge in [-0.15, -0.1) is 0 Å². The fraction of sp³-hybridized carbons (Fsp3) is 0.250. The lowest BCUT2D eigenvalue weighted by Crippen LogP contribution is -2.22. The number of carbonyl (C=O) groups excluding carboxylic acids is 1. The second-order valence-electron chi connectivity index (χ2n) is 3.26. The predicted octanol–water partition coefficient (Wildman–Crippen LogP) is 1.67. The molecule has 0 bridgehead atoms. The first-order chi connectivity index (χ1) is 7.15. The largest absolute Gasteiger partial charge is 0.392 e. The second kappa shape index (κ2) is 5.32. The van der Waals surface area contributed by atoms with Crippen LogP contribution < -0.4 is 4.90 Å². The maximum Gasteiger partial charge on any atom is 0.223 e. The first-order valence-corrected chi connectivity index (χ1v) is 4.77. The quantitative estimate of drug-likeness (QED) is 0.815. The molecule has 0 heterocycles. The van der Waals surface area contributed by atoms with Crippen molar-refractivity contribution in [2.45, 2.75) is 6.92 Å². The molecule has 0 aromatic heterocycles. The van der Waals surface area contributed by atoms with Crippen molar-refractivity contribution < 1.29 is 9.90 Å². The minimum Gasteiger partial charge on any atom is -0.392 e. The zero-order valence-corrected chi connectivity index (χ0v) is 8.97. The highest BCUT2D eigenvalue weighted by molar-refractivity contribution is 5.91. The Bertz CT molecular complexity index is 372. The summed E-state index contributed by atoms with van der Waals surface area (Å²) in [6, 6.07) is 7.57. The van der Waals surface area contributed by atoms with E-state index >= 15 is 0 Å². The summed E-state index contributed by atoms with van der Waals surface area (Å²) in [7, 11) is 1.73. The molecule has 0 spiro atoms. The maximum absolute atomic E-state index is 11.1. The number of aliphatic hydroxyl groups is 1. The molecule has 1 aromatic carbocycles. The molecule has 0 fully saturated rings. The van der Waals surface area contributed by atoms with E-state index in [2.05, 4.69) is 0 Å². The second-order valence-corrected chi connectivity index (χ2v) is 3.26. The third-order valence-corrected chi connectivity index (χ3v) is 2.15. The number of amides is 1. The van der Waals surface area contributed by atoms with Gasteiger partial charge in [0.25, 0.3) is 0 Å². The molecule has 0 aliphatic heterocycles. The van der Waals surface area contributed by atoms with Crippen LogP contribution in [-0.4, -0.2) is 24.7 Å². The highest BCUT2D eigenvalue weighted by atomic mass is 16.2. The van der Waals surface area contributed by atoms with Crippen LogP contribution in [0.1, 0.15) is 12.5 Å². The fourth-order valence-corrected chi connectivity index (χ4v) is 1.21. The van der Waals surface area contributed by atoms with E-state index in [1.165, 1.54) is 6.92 Å². The lowest BCUT2D eigenvalue weighted by Gasteiger charge is -2.15. The minimum absolute atomic E-state index is 0.00159. The molecule has 1 amide bonds. The van der Waals surface area contributed by atoms with Gasteiger partial charge in [-0.1, -0.05) is 24.3 Å². The Morgan fingerprint density at radius 2 is 2.27 bits per heavy atom. The Balaban J connectivity index is 2.92. The summed E-state index contributed by atoms with van der Waals surface area (Å²) in [5.74, 6) is -0.00159.